The second-order valence-electron chi connectivity index (χ2n) is 4.39. The van der Waals surface area contributed by atoms with Crippen molar-refractivity contribution in [3.8, 4) is 5.75 Å². The van der Waals surface area contributed by atoms with Crippen LogP contribution < -0.4 is 5.73 Å². The molecule has 0 bridgehead atoms. The van der Waals surface area contributed by atoms with Gasteiger partial charge in [-0.2, -0.15) is 0 Å². The van der Waals surface area contributed by atoms with Crippen LogP contribution in [0, 0.1) is 5.92 Å². The molecule has 1 aliphatic rings. The van der Waals surface area contributed by atoms with Crippen LogP contribution in [-0.4, -0.2) is 5.11 Å². The van der Waals surface area contributed by atoms with Gasteiger partial charge in [-0.1, -0.05) is 36.0 Å². The average molecular weight is 297 g/mol. The molecule has 3 N–H and O–H groups in total. The van der Waals surface area contributed by atoms with Crippen molar-refractivity contribution < 1.29 is 5.11 Å². The van der Waals surface area contributed by atoms with E-state index in [1.807, 2.05) is 0 Å². The zero-order valence-electron chi connectivity index (χ0n) is 9.33. The maximum Gasteiger partial charge on any atom is 0.123 e. The van der Waals surface area contributed by atoms with Crippen LogP contribution in [0.3, 0.4) is 0 Å². The van der Waals surface area contributed by atoms with E-state index in [0.717, 1.165) is 12.8 Å². The Morgan fingerprint density at radius 2 is 1.82 bits per heavy atom. The van der Waals surface area contributed by atoms with Crippen molar-refractivity contribution in [1.29, 1.82) is 0 Å². The molecule has 0 amide bonds. The van der Waals surface area contributed by atoms with Gasteiger partial charge >= 0.3 is 0 Å². The van der Waals surface area contributed by atoms with E-state index >= 15 is 0 Å². The summed E-state index contributed by atoms with van der Waals surface area (Å²) in [6, 6.07) is 2.94. The number of halogens is 3. The summed E-state index contributed by atoms with van der Waals surface area (Å²) in [5, 5.41) is 10.8. The van der Waals surface area contributed by atoms with Gasteiger partial charge in [-0.3, -0.25) is 0 Å². The highest BCUT2D eigenvalue weighted by atomic mass is 35.5. The van der Waals surface area contributed by atoms with Gasteiger partial charge in [0.05, 0.1) is 5.02 Å². The third-order valence-electron chi connectivity index (χ3n) is 3.31. The van der Waals surface area contributed by atoms with Crippen molar-refractivity contribution >= 4 is 35.6 Å². The fourth-order valence-electron chi connectivity index (χ4n) is 2.45. The molecule has 0 aromatic heterocycles. The molecule has 2 nitrogen and oxygen atoms in total. The third-order valence-corrected chi connectivity index (χ3v) is 3.84. The molecule has 1 saturated carbocycles. The molecular formula is C12H16Cl3NO. The van der Waals surface area contributed by atoms with Crippen LogP contribution in [0.25, 0.3) is 0 Å². The Hall–Kier alpha value is -0.150. The topological polar surface area (TPSA) is 46.2 Å². The van der Waals surface area contributed by atoms with Crippen molar-refractivity contribution in [1.82, 2.24) is 0 Å². The number of hydrogen-bond donors (Lipinski definition) is 2. The Morgan fingerprint density at radius 1 is 1.24 bits per heavy atom. The molecule has 1 aromatic rings. The summed E-state index contributed by atoms with van der Waals surface area (Å²) in [5.74, 6) is 0.529. The normalized spacial score (nSPS) is 17.8. The molecule has 1 aromatic carbocycles. The first-order valence-corrected chi connectivity index (χ1v) is 6.28. The van der Waals surface area contributed by atoms with Gasteiger partial charge in [0.25, 0.3) is 0 Å². The predicted octanol–water partition coefficient (Wildman–Crippen LogP) is 4.31. The molecule has 1 atom stereocenters. The number of hydrogen-bond acceptors (Lipinski definition) is 2. The first kappa shape index (κ1) is 14.9. The second kappa shape index (κ2) is 6.14. The van der Waals surface area contributed by atoms with E-state index in [1.54, 1.807) is 6.07 Å². The molecule has 1 aliphatic carbocycles. The van der Waals surface area contributed by atoms with Crippen LogP contribution in [-0.2, 0) is 0 Å². The van der Waals surface area contributed by atoms with E-state index in [4.69, 9.17) is 28.9 Å². The van der Waals surface area contributed by atoms with Crippen molar-refractivity contribution in [2.45, 2.75) is 31.7 Å². The molecule has 0 unspecified atom stereocenters. The molecule has 2 rings (SSSR count). The van der Waals surface area contributed by atoms with Gasteiger partial charge in [-0.05, 0) is 30.9 Å². The Labute approximate surface area is 118 Å². The van der Waals surface area contributed by atoms with Crippen molar-refractivity contribution in [2.24, 2.45) is 11.7 Å². The molecule has 17 heavy (non-hydrogen) atoms. The summed E-state index contributed by atoms with van der Waals surface area (Å²) in [7, 11) is 0. The molecule has 0 saturated heterocycles. The Balaban J connectivity index is 0.00000144. The van der Waals surface area contributed by atoms with Crippen molar-refractivity contribution in [2.75, 3.05) is 0 Å². The molecule has 96 valence electrons. The van der Waals surface area contributed by atoms with Gasteiger partial charge in [0, 0.05) is 16.6 Å². The van der Waals surface area contributed by atoms with Crippen LogP contribution >= 0.6 is 35.6 Å². The fraction of sp³-hybridized carbons (Fsp3) is 0.500. The Kier molecular flexibility index (Phi) is 5.39. The zero-order chi connectivity index (χ0) is 11.7. The first-order valence-electron chi connectivity index (χ1n) is 5.53. The summed E-state index contributed by atoms with van der Waals surface area (Å²) in [4.78, 5) is 0. The van der Waals surface area contributed by atoms with Crippen LogP contribution in [0.1, 0.15) is 37.3 Å². The van der Waals surface area contributed by atoms with Gasteiger partial charge < -0.3 is 10.8 Å². The van der Waals surface area contributed by atoms with E-state index in [0.29, 0.717) is 21.5 Å². The summed E-state index contributed by atoms with van der Waals surface area (Å²) < 4.78 is 0. The van der Waals surface area contributed by atoms with Gasteiger partial charge in [-0.25, -0.2) is 0 Å². The fourth-order valence-corrected chi connectivity index (χ4v) is 3.06. The molecule has 0 aliphatic heterocycles. The van der Waals surface area contributed by atoms with E-state index in [2.05, 4.69) is 0 Å². The monoisotopic (exact) mass is 295 g/mol. The van der Waals surface area contributed by atoms with Gasteiger partial charge in [0.1, 0.15) is 5.75 Å². The zero-order valence-corrected chi connectivity index (χ0v) is 11.7. The van der Waals surface area contributed by atoms with Gasteiger partial charge in [0.2, 0.25) is 0 Å². The highest BCUT2D eigenvalue weighted by molar-refractivity contribution is 6.35. The highest BCUT2D eigenvalue weighted by Crippen LogP contribution is 2.41. The molecule has 0 radical (unpaired) electrons. The molecule has 0 spiro atoms. The molecule has 0 heterocycles. The third kappa shape index (κ3) is 3.19. The largest absolute Gasteiger partial charge is 0.508 e. The van der Waals surface area contributed by atoms with E-state index < -0.39 is 0 Å². The number of nitrogens with two attached hydrogens (primary N) is 1. The SMILES string of the molecule is Cl.N[C@H](c1c(O)cc(Cl)cc1Cl)C1CCCC1. The lowest BCUT2D eigenvalue weighted by Gasteiger charge is -2.21. The number of benzene rings is 1. The minimum Gasteiger partial charge on any atom is -0.508 e. The number of rotatable bonds is 2. The summed E-state index contributed by atoms with van der Waals surface area (Å²) in [5.41, 5.74) is 6.80. The summed E-state index contributed by atoms with van der Waals surface area (Å²) >= 11 is 11.9. The lowest BCUT2D eigenvalue weighted by Crippen LogP contribution is -2.19. The minimum atomic E-state index is -0.188. The van der Waals surface area contributed by atoms with Gasteiger partial charge in [0.15, 0.2) is 0 Å². The smallest absolute Gasteiger partial charge is 0.123 e. The van der Waals surface area contributed by atoms with Crippen molar-refractivity contribution in [3.63, 3.8) is 0 Å². The summed E-state index contributed by atoms with van der Waals surface area (Å²) in [6.07, 6.45) is 4.65. The predicted molar refractivity (Wildman–Crippen MR) is 74.3 cm³/mol. The summed E-state index contributed by atoms with van der Waals surface area (Å²) in [6.45, 7) is 0. The van der Waals surface area contributed by atoms with E-state index in [1.165, 1.54) is 18.9 Å². The second-order valence-corrected chi connectivity index (χ2v) is 5.23. The standard InChI is InChI=1S/C12H15Cl2NO.ClH/c13-8-5-9(14)11(10(16)6-8)12(15)7-3-1-2-4-7;/h5-7,12,16H,1-4,15H2;1H/t12-;/m0./s1. The van der Waals surface area contributed by atoms with E-state index in [9.17, 15) is 5.11 Å². The van der Waals surface area contributed by atoms with Crippen LogP contribution in [0.2, 0.25) is 10.0 Å². The molecule has 1 fully saturated rings. The van der Waals surface area contributed by atoms with Crippen LogP contribution in [0.4, 0.5) is 0 Å². The Morgan fingerprint density at radius 3 is 2.35 bits per heavy atom. The van der Waals surface area contributed by atoms with Crippen LogP contribution in [0.5, 0.6) is 5.75 Å². The quantitative estimate of drug-likeness (QED) is 0.854. The number of phenolic OH excluding ortho intramolecular Hbond substituents is 1. The maximum absolute atomic E-state index is 9.85. The first-order chi connectivity index (χ1) is 7.59. The van der Waals surface area contributed by atoms with Crippen LogP contribution in [0.15, 0.2) is 12.1 Å². The van der Waals surface area contributed by atoms with Crippen molar-refractivity contribution in [3.05, 3.63) is 27.7 Å². The molecule has 5 heteroatoms. The highest BCUT2D eigenvalue weighted by Gasteiger charge is 2.27. The minimum absolute atomic E-state index is 0. The molecular weight excluding hydrogens is 280 g/mol. The Bertz CT molecular complexity index is 368. The maximum atomic E-state index is 9.85. The average Bonchev–Trinajstić information content (AvgIpc) is 2.67. The number of phenols is 1. The number of aromatic hydroxyl groups is 1. The van der Waals surface area contributed by atoms with E-state index in [-0.39, 0.29) is 24.2 Å². The lowest BCUT2D eigenvalue weighted by molar-refractivity contribution is 0.412. The lowest BCUT2D eigenvalue weighted by atomic mass is 9.92. The van der Waals surface area contributed by atoms with Gasteiger partial charge in [-0.15, -0.1) is 12.4 Å².